The van der Waals surface area contributed by atoms with Crippen LogP contribution in [0.1, 0.15) is 0 Å². The Morgan fingerprint density at radius 1 is 1.05 bits per heavy atom. The molecule has 112 valence electrons. The zero-order valence-corrected chi connectivity index (χ0v) is 12.1. The average Bonchev–Trinajstić information content (AvgIpc) is 2.54. The summed E-state index contributed by atoms with van der Waals surface area (Å²) in [4.78, 5) is 12.8. The molecule has 0 saturated carbocycles. The Labute approximate surface area is 126 Å². The lowest BCUT2D eigenvalue weighted by Gasteiger charge is -2.11. The van der Waals surface area contributed by atoms with Crippen LogP contribution in [0.5, 0.6) is 17.4 Å². The van der Waals surface area contributed by atoms with E-state index in [-0.39, 0.29) is 28.3 Å². The predicted molar refractivity (Wildman–Crippen MR) is 82.7 cm³/mol. The molecule has 22 heavy (non-hydrogen) atoms. The number of phenolic OH excluding ortho intramolecular Hbond substituents is 1. The quantitative estimate of drug-likeness (QED) is 0.804. The summed E-state index contributed by atoms with van der Waals surface area (Å²) in [7, 11) is 2.96. The van der Waals surface area contributed by atoms with Gasteiger partial charge in [0.1, 0.15) is 22.6 Å². The number of phenols is 1. The maximum Gasteiger partial charge on any atom is 0.296 e. The van der Waals surface area contributed by atoms with E-state index in [0.29, 0.717) is 16.7 Å². The molecule has 0 amide bonds. The molecule has 3 aromatic rings. The third kappa shape index (κ3) is 2.16. The Balaban J connectivity index is 2.40. The average molecular weight is 298 g/mol. The highest BCUT2D eigenvalue weighted by Gasteiger charge is 2.20. The van der Waals surface area contributed by atoms with Crippen molar-refractivity contribution in [2.75, 3.05) is 14.2 Å². The van der Waals surface area contributed by atoms with Gasteiger partial charge in [-0.25, -0.2) is 0 Å². The molecule has 0 bridgehead atoms. The van der Waals surface area contributed by atoms with Crippen molar-refractivity contribution in [2.45, 2.75) is 0 Å². The third-order valence-electron chi connectivity index (χ3n) is 3.41. The van der Waals surface area contributed by atoms with Gasteiger partial charge in [0.15, 0.2) is 0 Å². The van der Waals surface area contributed by atoms with Crippen molar-refractivity contribution in [3.05, 3.63) is 52.7 Å². The van der Waals surface area contributed by atoms with Gasteiger partial charge in [-0.2, -0.15) is 0 Å². The van der Waals surface area contributed by atoms with Crippen LogP contribution in [0.15, 0.2) is 51.7 Å². The van der Waals surface area contributed by atoms with E-state index in [2.05, 4.69) is 0 Å². The van der Waals surface area contributed by atoms with Gasteiger partial charge in [-0.3, -0.25) is 4.79 Å². The molecule has 5 nitrogen and oxygen atoms in total. The molecule has 5 heteroatoms. The minimum Gasteiger partial charge on any atom is -0.508 e. The lowest BCUT2D eigenvalue weighted by molar-refractivity contribution is 0.311. The van der Waals surface area contributed by atoms with Crippen molar-refractivity contribution in [1.29, 1.82) is 0 Å². The summed E-state index contributed by atoms with van der Waals surface area (Å²) in [5, 5.41) is 9.89. The Bertz CT molecular complexity index is 895. The molecule has 0 aliphatic heterocycles. The highest BCUT2D eigenvalue weighted by atomic mass is 16.6. The molecule has 0 radical (unpaired) electrons. The number of hydrogen-bond donors (Lipinski definition) is 1. The van der Waals surface area contributed by atoms with E-state index < -0.39 is 0 Å². The molecule has 1 heterocycles. The SMILES string of the molecule is COc1ccccc1-c1c(OC)oc2cc(O)ccc2c1=O. The standard InChI is InChI=1S/C17H14O5/c1-20-13-6-4-3-5-11(13)15-16(19)12-8-7-10(18)9-14(12)22-17(15)21-2/h3-9,18H,1-2H3. The summed E-state index contributed by atoms with van der Waals surface area (Å²) in [6.45, 7) is 0. The van der Waals surface area contributed by atoms with Gasteiger partial charge in [0.2, 0.25) is 5.43 Å². The fraction of sp³-hybridized carbons (Fsp3) is 0.118. The number of methoxy groups -OCH3 is 2. The van der Waals surface area contributed by atoms with E-state index in [1.54, 1.807) is 18.2 Å². The summed E-state index contributed by atoms with van der Waals surface area (Å²) in [5.41, 5.74) is 0.895. The zero-order valence-electron chi connectivity index (χ0n) is 12.1. The molecule has 0 unspecified atom stereocenters. The number of hydrogen-bond acceptors (Lipinski definition) is 5. The highest BCUT2D eigenvalue weighted by molar-refractivity contribution is 5.86. The lowest BCUT2D eigenvalue weighted by atomic mass is 10.0. The van der Waals surface area contributed by atoms with Gasteiger partial charge in [0.05, 0.1) is 19.6 Å². The number of ether oxygens (including phenoxy) is 2. The summed E-state index contributed by atoms with van der Waals surface area (Å²) < 4.78 is 16.2. The number of para-hydroxylation sites is 1. The molecule has 0 spiro atoms. The first-order valence-electron chi connectivity index (χ1n) is 6.63. The molecule has 1 aromatic heterocycles. The van der Waals surface area contributed by atoms with Crippen LogP contribution < -0.4 is 14.9 Å². The third-order valence-corrected chi connectivity index (χ3v) is 3.41. The molecule has 0 aliphatic rings. The molecule has 1 N–H and O–H groups in total. The van der Waals surface area contributed by atoms with Crippen LogP contribution in [-0.4, -0.2) is 19.3 Å². The Morgan fingerprint density at radius 2 is 1.82 bits per heavy atom. The van der Waals surface area contributed by atoms with Gasteiger partial charge in [0.25, 0.3) is 5.95 Å². The van der Waals surface area contributed by atoms with E-state index in [9.17, 15) is 9.90 Å². The number of rotatable bonds is 3. The van der Waals surface area contributed by atoms with Crippen LogP contribution in [0.2, 0.25) is 0 Å². The van der Waals surface area contributed by atoms with Gasteiger partial charge in [0, 0.05) is 11.6 Å². The maximum absolute atomic E-state index is 12.8. The van der Waals surface area contributed by atoms with E-state index in [0.717, 1.165) is 0 Å². The van der Waals surface area contributed by atoms with Gasteiger partial charge >= 0.3 is 0 Å². The molecule has 3 rings (SSSR count). The molecular formula is C17H14O5. The van der Waals surface area contributed by atoms with E-state index in [4.69, 9.17) is 13.9 Å². The Kier molecular flexibility index (Phi) is 3.47. The normalized spacial score (nSPS) is 10.6. The topological polar surface area (TPSA) is 68.9 Å². The van der Waals surface area contributed by atoms with E-state index >= 15 is 0 Å². The second kappa shape index (κ2) is 5.44. The minimum absolute atomic E-state index is 0.0164. The first kappa shape index (κ1) is 14.0. The highest BCUT2D eigenvalue weighted by Crippen LogP contribution is 2.36. The van der Waals surface area contributed by atoms with Crippen molar-refractivity contribution in [1.82, 2.24) is 0 Å². The van der Waals surface area contributed by atoms with Crippen LogP contribution in [0, 0.1) is 0 Å². The maximum atomic E-state index is 12.8. The molecule has 0 atom stereocenters. The van der Waals surface area contributed by atoms with Gasteiger partial charge in [-0.05, 0) is 18.2 Å². The smallest absolute Gasteiger partial charge is 0.296 e. The van der Waals surface area contributed by atoms with Crippen LogP contribution in [0.4, 0.5) is 0 Å². The number of fused-ring (bicyclic) bond motifs is 1. The summed E-state index contributed by atoms with van der Waals surface area (Å²) in [5.74, 6) is 0.640. The summed E-state index contributed by atoms with van der Waals surface area (Å²) >= 11 is 0. The van der Waals surface area contributed by atoms with Gasteiger partial charge in [-0.1, -0.05) is 18.2 Å². The number of aromatic hydroxyl groups is 1. The van der Waals surface area contributed by atoms with Crippen molar-refractivity contribution in [3.8, 4) is 28.6 Å². The van der Waals surface area contributed by atoms with Crippen molar-refractivity contribution >= 4 is 11.0 Å². The predicted octanol–water partition coefficient (Wildman–Crippen LogP) is 3.18. The fourth-order valence-electron chi connectivity index (χ4n) is 2.39. The molecular weight excluding hydrogens is 284 g/mol. The van der Waals surface area contributed by atoms with Crippen molar-refractivity contribution in [2.24, 2.45) is 0 Å². The summed E-state index contributed by atoms with van der Waals surface area (Å²) in [6, 6.07) is 11.5. The minimum atomic E-state index is -0.248. The fourth-order valence-corrected chi connectivity index (χ4v) is 2.39. The van der Waals surface area contributed by atoms with Crippen LogP contribution in [0.3, 0.4) is 0 Å². The first-order chi connectivity index (χ1) is 10.7. The largest absolute Gasteiger partial charge is 0.508 e. The molecule has 0 aliphatic carbocycles. The monoisotopic (exact) mass is 298 g/mol. The van der Waals surface area contributed by atoms with Crippen molar-refractivity contribution in [3.63, 3.8) is 0 Å². The van der Waals surface area contributed by atoms with Crippen molar-refractivity contribution < 1.29 is 19.0 Å². The number of benzene rings is 2. The van der Waals surface area contributed by atoms with Crippen LogP contribution in [0.25, 0.3) is 22.1 Å². The zero-order chi connectivity index (χ0) is 15.7. The molecule has 0 saturated heterocycles. The first-order valence-corrected chi connectivity index (χ1v) is 6.63. The Hall–Kier alpha value is -2.95. The van der Waals surface area contributed by atoms with E-state index in [1.165, 1.54) is 32.4 Å². The molecule has 2 aromatic carbocycles. The lowest BCUT2D eigenvalue weighted by Crippen LogP contribution is -2.08. The van der Waals surface area contributed by atoms with Crippen LogP contribution >= 0.6 is 0 Å². The van der Waals surface area contributed by atoms with E-state index in [1.807, 2.05) is 6.07 Å². The van der Waals surface area contributed by atoms with Crippen LogP contribution in [-0.2, 0) is 0 Å². The summed E-state index contributed by atoms with van der Waals surface area (Å²) in [6.07, 6.45) is 0. The second-order valence-electron chi connectivity index (χ2n) is 4.68. The molecule has 0 fully saturated rings. The van der Waals surface area contributed by atoms with Gasteiger partial charge < -0.3 is 19.0 Å². The Morgan fingerprint density at radius 3 is 2.55 bits per heavy atom. The van der Waals surface area contributed by atoms with Gasteiger partial charge in [-0.15, -0.1) is 0 Å². The second-order valence-corrected chi connectivity index (χ2v) is 4.68.